The molecule has 2 rings (SSSR count). The number of amides is 1. The van der Waals surface area contributed by atoms with Gasteiger partial charge in [-0.05, 0) is 38.2 Å². The highest BCUT2D eigenvalue weighted by Crippen LogP contribution is 2.15. The maximum absolute atomic E-state index is 11.8. The number of carbonyl (C=O) groups is 1. The molecule has 100 valence electrons. The highest BCUT2D eigenvalue weighted by Gasteiger charge is 2.12. The molecule has 0 aliphatic rings. The molecule has 0 spiro atoms. The molecule has 0 saturated carbocycles. The molecule has 0 fully saturated rings. The van der Waals surface area contributed by atoms with Gasteiger partial charge in [0, 0.05) is 24.0 Å². The third kappa shape index (κ3) is 3.25. The molecule has 0 saturated heterocycles. The summed E-state index contributed by atoms with van der Waals surface area (Å²) < 4.78 is 2.09. The molecule has 0 atom stereocenters. The van der Waals surface area contributed by atoms with Gasteiger partial charge in [0.05, 0.1) is 0 Å². The number of pyridine rings is 1. The summed E-state index contributed by atoms with van der Waals surface area (Å²) in [6.45, 7) is 3.97. The number of nitrogens with one attached hydrogen (secondary N) is 2. The third-order valence-corrected chi connectivity index (χ3v) is 2.76. The molecule has 0 bridgehead atoms. The quantitative estimate of drug-likeness (QED) is 0.831. The van der Waals surface area contributed by atoms with Crippen LogP contribution in [0, 0.1) is 4.77 Å². The van der Waals surface area contributed by atoms with E-state index in [2.05, 4.69) is 20.5 Å². The number of aromatic amines is 1. The van der Waals surface area contributed by atoms with Gasteiger partial charge in [-0.15, -0.1) is 0 Å². The van der Waals surface area contributed by atoms with Gasteiger partial charge in [0.15, 0.2) is 10.6 Å². The van der Waals surface area contributed by atoms with Crippen LogP contribution >= 0.6 is 12.2 Å². The van der Waals surface area contributed by atoms with Crippen LogP contribution in [0.5, 0.6) is 0 Å². The highest BCUT2D eigenvalue weighted by atomic mass is 32.1. The Morgan fingerprint density at radius 2 is 2.16 bits per heavy atom. The van der Waals surface area contributed by atoms with Crippen molar-refractivity contribution in [1.82, 2.24) is 25.1 Å². The van der Waals surface area contributed by atoms with Crippen LogP contribution in [-0.2, 0) is 11.3 Å². The van der Waals surface area contributed by atoms with Crippen LogP contribution in [0.4, 0.5) is 0 Å². The van der Waals surface area contributed by atoms with E-state index in [0.29, 0.717) is 10.6 Å². The summed E-state index contributed by atoms with van der Waals surface area (Å²) >= 11 is 5.15. The van der Waals surface area contributed by atoms with Crippen LogP contribution in [0.2, 0.25) is 0 Å². The molecule has 1 amide bonds. The largest absolute Gasteiger partial charge is 0.352 e. The molecule has 2 heterocycles. The summed E-state index contributed by atoms with van der Waals surface area (Å²) in [4.78, 5) is 15.8. The molecule has 0 aromatic carbocycles. The molecular formula is C12H15N5OS. The molecule has 2 N–H and O–H groups in total. The van der Waals surface area contributed by atoms with Gasteiger partial charge in [0.1, 0.15) is 6.54 Å². The minimum absolute atomic E-state index is 0.0946. The van der Waals surface area contributed by atoms with E-state index in [1.165, 1.54) is 0 Å². The first-order valence-corrected chi connectivity index (χ1v) is 6.33. The van der Waals surface area contributed by atoms with Crippen molar-refractivity contribution in [3.05, 3.63) is 29.3 Å². The molecule has 0 radical (unpaired) electrons. The van der Waals surface area contributed by atoms with Crippen molar-refractivity contribution in [2.75, 3.05) is 0 Å². The molecule has 19 heavy (non-hydrogen) atoms. The smallest absolute Gasteiger partial charge is 0.240 e. The Hall–Kier alpha value is -2.02. The zero-order chi connectivity index (χ0) is 13.8. The van der Waals surface area contributed by atoms with Crippen LogP contribution in [0.1, 0.15) is 13.8 Å². The summed E-state index contributed by atoms with van der Waals surface area (Å²) in [5.41, 5.74) is 0.861. The van der Waals surface area contributed by atoms with E-state index in [1.807, 2.05) is 26.0 Å². The zero-order valence-electron chi connectivity index (χ0n) is 10.8. The normalized spacial score (nSPS) is 10.7. The van der Waals surface area contributed by atoms with Crippen molar-refractivity contribution in [3.63, 3.8) is 0 Å². The summed E-state index contributed by atoms with van der Waals surface area (Å²) in [5, 5.41) is 9.69. The maximum Gasteiger partial charge on any atom is 0.240 e. The second-order valence-corrected chi connectivity index (χ2v) is 4.78. The Bertz CT molecular complexity index is 617. The average Bonchev–Trinajstić information content (AvgIpc) is 2.71. The molecule has 7 heteroatoms. The number of hydrogen-bond acceptors (Lipinski definition) is 4. The number of hydrogen-bond donors (Lipinski definition) is 2. The Labute approximate surface area is 115 Å². The summed E-state index contributed by atoms with van der Waals surface area (Å²) in [6.07, 6.45) is 3.34. The summed E-state index contributed by atoms with van der Waals surface area (Å²) in [7, 11) is 0. The van der Waals surface area contributed by atoms with Gasteiger partial charge in [0.25, 0.3) is 0 Å². The van der Waals surface area contributed by atoms with Crippen molar-refractivity contribution < 1.29 is 4.79 Å². The van der Waals surface area contributed by atoms with E-state index in [0.717, 1.165) is 5.56 Å². The first kappa shape index (κ1) is 13.4. The number of H-pyrrole nitrogens is 1. The molecule has 2 aromatic heterocycles. The topological polar surface area (TPSA) is 75.6 Å². The fourth-order valence-electron chi connectivity index (χ4n) is 1.70. The molecule has 0 aliphatic heterocycles. The lowest BCUT2D eigenvalue weighted by molar-refractivity contribution is -0.122. The molecular weight excluding hydrogens is 262 g/mol. The minimum atomic E-state index is -0.0946. The van der Waals surface area contributed by atoms with E-state index in [9.17, 15) is 4.79 Å². The molecule has 0 aliphatic carbocycles. The van der Waals surface area contributed by atoms with E-state index in [4.69, 9.17) is 12.2 Å². The first-order chi connectivity index (χ1) is 9.08. The van der Waals surface area contributed by atoms with Crippen molar-refractivity contribution in [3.8, 4) is 11.4 Å². The van der Waals surface area contributed by atoms with Crippen molar-refractivity contribution in [1.29, 1.82) is 0 Å². The number of nitrogens with zero attached hydrogens (tertiary/aromatic N) is 3. The lowest BCUT2D eigenvalue weighted by Gasteiger charge is -2.10. The SMILES string of the molecule is CC(C)NC(=O)Cn1c(-c2ccncc2)n[nH]c1=S. The Morgan fingerprint density at radius 3 is 2.79 bits per heavy atom. The van der Waals surface area contributed by atoms with Crippen molar-refractivity contribution >= 4 is 18.1 Å². The first-order valence-electron chi connectivity index (χ1n) is 5.93. The van der Waals surface area contributed by atoms with Gasteiger partial charge in [-0.25, -0.2) is 0 Å². The van der Waals surface area contributed by atoms with Gasteiger partial charge >= 0.3 is 0 Å². The maximum atomic E-state index is 11.8. The van der Waals surface area contributed by atoms with Gasteiger partial charge in [0.2, 0.25) is 5.91 Å². The third-order valence-electron chi connectivity index (χ3n) is 2.45. The highest BCUT2D eigenvalue weighted by molar-refractivity contribution is 7.71. The Kier molecular flexibility index (Phi) is 4.06. The lowest BCUT2D eigenvalue weighted by atomic mass is 10.2. The minimum Gasteiger partial charge on any atom is -0.352 e. The van der Waals surface area contributed by atoms with E-state index in [1.54, 1.807) is 17.0 Å². The summed E-state index contributed by atoms with van der Waals surface area (Å²) in [6, 6.07) is 3.74. The van der Waals surface area contributed by atoms with Gasteiger partial charge in [-0.1, -0.05) is 0 Å². The molecule has 2 aromatic rings. The molecule has 0 unspecified atom stereocenters. The van der Waals surface area contributed by atoms with Crippen LogP contribution in [0.3, 0.4) is 0 Å². The van der Waals surface area contributed by atoms with Crippen molar-refractivity contribution in [2.24, 2.45) is 0 Å². The van der Waals surface area contributed by atoms with Crippen molar-refractivity contribution in [2.45, 2.75) is 26.4 Å². The fraction of sp³-hybridized carbons (Fsp3) is 0.333. The number of carbonyl (C=O) groups excluding carboxylic acids is 1. The fourth-order valence-corrected chi connectivity index (χ4v) is 1.89. The average molecular weight is 277 g/mol. The lowest BCUT2D eigenvalue weighted by Crippen LogP contribution is -2.33. The van der Waals surface area contributed by atoms with E-state index >= 15 is 0 Å². The van der Waals surface area contributed by atoms with Gasteiger partial charge in [-0.3, -0.25) is 19.4 Å². The predicted octanol–water partition coefficient (Wildman–Crippen LogP) is 1.53. The number of rotatable bonds is 4. The summed E-state index contributed by atoms with van der Waals surface area (Å²) in [5.74, 6) is 0.536. The predicted molar refractivity (Wildman–Crippen MR) is 73.9 cm³/mol. The van der Waals surface area contributed by atoms with Crippen LogP contribution in [0.25, 0.3) is 11.4 Å². The second kappa shape index (κ2) is 5.75. The second-order valence-electron chi connectivity index (χ2n) is 4.40. The molecule has 6 nitrogen and oxygen atoms in total. The standard InChI is InChI=1S/C12H15N5OS/c1-8(2)14-10(18)7-17-11(15-16-12(17)19)9-3-5-13-6-4-9/h3-6,8H,7H2,1-2H3,(H,14,18)(H,16,19). The van der Waals surface area contributed by atoms with Crippen LogP contribution < -0.4 is 5.32 Å². The van der Waals surface area contributed by atoms with E-state index < -0.39 is 0 Å². The van der Waals surface area contributed by atoms with Gasteiger partial charge in [-0.2, -0.15) is 5.10 Å². The Balaban J connectivity index is 2.29. The van der Waals surface area contributed by atoms with Crippen LogP contribution in [-0.4, -0.2) is 31.7 Å². The number of aromatic nitrogens is 4. The monoisotopic (exact) mass is 277 g/mol. The zero-order valence-corrected chi connectivity index (χ0v) is 11.6. The van der Waals surface area contributed by atoms with E-state index in [-0.39, 0.29) is 18.5 Å². The van der Waals surface area contributed by atoms with Gasteiger partial charge < -0.3 is 5.32 Å². The van der Waals surface area contributed by atoms with Crippen LogP contribution in [0.15, 0.2) is 24.5 Å². The Morgan fingerprint density at radius 1 is 1.47 bits per heavy atom.